The van der Waals surface area contributed by atoms with Crippen LogP contribution < -0.4 is 0 Å². The summed E-state index contributed by atoms with van der Waals surface area (Å²) in [6.45, 7) is 4.76. The maximum Gasteiger partial charge on any atom is 0.124 e. The predicted molar refractivity (Wildman–Crippen MR) is 108 cm³/mol. The fraction of sp³-hybridized carbons (Fsp3) is 0.435. The van der Waals surface area contributed by atoms with Gasteiger partial charge in [0, 0.05) is 16.0 Å². The van der Waals surface area contributed by atoms with Crippen molar-refractivity contribution in [2.45, 2.75) is 58.3 Å². The Kier molecular flexibility index (Phi) is 3.71. The smallest absolute Gasteiger partial charge is 0.124 e. The summed E-state index contributed by atoms with van der Waals surface area (Å²) in [6.07, 6.45) is 7.55. The van der Waals surface area contributed by atoms with Crippen molar-refractivity contribution in [3.8, 4) is 11.1 Å². The molecule has 0 fully saturated rings. The molecule has 5 rings (SSSR count). The van der Waals surface area contributed by atoms with Crippen molar-refractivity contribution < 1.29 is 0 Å². The number of benzene rings is 1. The highest BCUT2D eigenvalue weighted by Gasteiger charge is 2.28. The van der Waals surface area contributed by atoms with E-state index >= 15 is 0 Å². The number of pyridine rings is 1. The van der Waals surface area contributed by atoms with Crippen LogP contribution in [0.1, 0.15) is 60.7 Å². The van der Waals surface area contributed by atoms with Crippen molar-refractivity contribution in [1.82, 2.24) is 4.98 Å². The van der Waals surface area contributed by atoms with E-state index in [0.717, 1.165) is 5.92 Å². The van der Waals surface area contributed by atoms with Gasteiger partial charge in [0.05, 0.1) is 0 Å². The van der Waals surface area contributed by atoms with Gasteiger partial charge in [0.25, 0.3) is 0 Å². The number of rotatable bonds is 1. The Hall–Kier alpha value is -1.67. The summed E-state index contributed by atoms with van der Waals surface area (Å²) < 4.78 is 0. The third-order valence-corrected chi connectivity index (χ3v) is 7.32. The Morgan fingerprint density at radius 3 is 2.68 bits per heavy atom. The first-order chi connectivity index (χ1) is 12.2. The molecule has 2 heterocycles. The summed E-state index contributed by atoms with van der Waals surface area (Å²) in [5, 5.41) is 1.49. The molecule has 2 aliphatic carbocycles. The summed E-state index contributed by atoms with van der Waals surface area (Å²) >= 11 is 1.98. The van der Waals surface area contributed by atoms with E-state index in [0.29, 0.717) is 5.92 Å². The molecule has 0 aliphatic heterocycles. The van der Waals surface area contributed by atoms with E-state index < -0.39 is 0 Å². The summed E-state index contributed by atoms with van der Waals surface area (Å²) in [7, 11) is 0. The van der Waals surface area contributed by atoms with Crippen molar-refractivity contribution >= 4 is 21.6 Å². The quantitative estimate of drug-likeness (QED) is 0.488. The Bertz CT molecular complexity index is 938. The molecule has 0 bridgehead atoms. The van der Waals surface area contributed by atoms with Crippen LogP contribution in [0.2, 0.25) is 0 Å². The second kappa shape index (κ2) is 5.95. The van der Waals surface area contributed by atoms with Crippen molar-refractivity contribution in [3.63, 3.8) is 0 Å². The molecule has 0 amide bonds. The first-order valence-electron chi connectivity index (χ1n) is 9.74. The average Bonchev–Trinajstić information content (AvgIpc) is 2.98. The molecule has 3 aromatic rings. The molecular formula is C23H25NS. The summed E-state index contributed by atoms with van der Waals surface area (Å²) in [4.78, 5) is 8.13. The Labute approximate surface area is 154 Å². The van der Waals surface area contributed by atoms with E-state index in [1.165, 1.54) is 71.1 Å². The molecule has 2 heteroatoms. The highest BCUT2D eigenvalue weighted by molar-refractivity contribution is 7.19. The lowest BCUT2D eigenvalue weighted by atomic mass is 9.81. The van der Waals surface area contributed by atoms with Crippen LogP contribution in [0.3, 0.4) is 0 Å². The van der Waals surface area contributed by atoms with Gasteiger partial charge in [-0.2, -0.15) is 0 Å². The van der Waals surface area contributed by atoms with Crippen molar-refractivity contribution in [3.05, 3.63) is 52.0 Å². The van der Waals surface area contributed by atoms with Crippen molar-refractivity contribution in [1.29, 1.82) is 0 Å². The minimum atomic E-state index is 0.591. The lowest BCUT2D eigenvalue weighted by molar-refractivity contribution is 0.509. The van der Waals surface area contributed by atoms with Crippen LogP contribution in [0.4, 0.5) is 0 Å². The van der Waals surface area contributed by atoms with Gasteiger partial charge < -0.3 is 0 Å². The number of fused-ring (bicyclic) bond motifs is 4. The Balaban J connectivity index is 1.87. The van der Waals surface area contributed by atoms with Crippen LogP contribution in [0.25, 0.3) is 21.3 Å². The molecule has 1 nitrogen and oxygen atoms in total. The Morgan fingerprint density at radius 1 is 1.00 bits per heavy atom. The third kappa shape index (κ3) is 2.45. The molecule has 2 aromatic heterocycles. The number of aryl methyl sites for hydroxylation is 1. The summed E-state index contributed by atoms with van der Waals surface area (Å²) in [6, 6.07) is 11.1. The van der Waals surface area contributed by atoms with Gasteiger partial charge >= 0.3 is 0 Å². The third-order valence-electron chi connectivity index (χ3n) is 6.17. The second-order valence-corrected chi connectivity index (χ2v) is 9.13. The minimum Gasteiger partial charge on any atom is -0.241 e. The SMILES string of the molecule is C[C@@H]1CCc2c(sc3nc4c(c(-c5ccccc5)c23)CCC[C@H]4C)C1. The van der Waals surface area contributed by atoms with Gasteiger partial charge in [0.15, 0.2) is 0 Å². The zero-order valence-electron chi connectivity index (χ0n) is 15.1. The number of nitrogens with zero attached hydrogens (tertiary/aromatic N) is 1. The van der Waals surface area contributed by atoms with Crippen LogP contribution in [0.15, 0.2) is 30.3 Å². The molecule has 25 heavy (non-hydrogen) atoms. The van der Waals surface area contributed by atoms with Crippen LogP contribution in [0.5, 0.6) is 0 Å². The van der Waals surface area contributed by atoms with Crippen LogP contribution in [-0.4, -0.2) is 4.98 Å². The standard InChI is InChI=1S/C23H25NS/c1-14-11-12-17-19(13-14)25-23-21(17)20(16-8-4-3-5-9-16)18-10-6-7-15(2)22(18)24-23/h3-5,8-9,14-15H,6-7,10-13H2,1-2H3/t14-,15-/m1/s1. The second-order valence-electron chi connectivity index (χ2n) is 8.04. The van der Waals surface area contributed by atoms with E-state index in [1.807, 2.05) is 11.3 Å². The molecule has 1 aromatic carbocycles. The van der Waals surface area contributed by atoms with Gasteiger partial charge in [-0.3, -0.25) is 0 Å². The topological polar surface area (TPSA) is 12.9 Å². The molecule has 128 valence electrons. The van der Waals surface area contributed by atoms with Gasteiger partial charge in [-0.15, -0.1) is 11.3 Å². The highest BCUT2D eigenvalue weighted by Crippen LogP contribution is 2.46. The van der Waals surface area contributed by atoms with Gasteiger partial charge in [-0.05, 0) is 72.6 Å². The fourth-order valence-corrected chi connectivity index (χ4v) is 6.23. The normalized spacial score (nSPS) is 22.6. The number of thiophene rings is 1. The molecule has 0 radical (unpaired) electrons. The van der Waals surface area contributed by atoms with E-state index in [1.54, 1.807) is 10.4 Å². The zero-order chi connectivity index (χ0) is 17.0. The lowest BCUT2D eigenvalue weighted by Gasteiger charge is -2.25. The summed E-state index contributed by atoms with van der Waals surface area (Å²) in [5.41, 5.74) is 7.44. The molecule has 0 saturated heterocycles. The number of hydrogen-bond acceptors (Lipinski definition) is 2. The molecule has 0 unspecified atom stereocenters. The van der Waals surface area contributed by atoms with Crippen LogP contribution >= 0.6 is 11.3 Å². The molecular weight excluding hydrogens is 322 g/mol. The van der Waals surface area contributed by atoms with Crippen molar-refractivity contribution in [2.75, 3.05) is 0 Å². The molecule has 2 aliphatic rings. The van der Waals surface area contributed by atoms with E-state index in [2.05, 4.69) is 44.2 Å². The number of hydrogen-bond donors (Lipinski definition) is 0. The minimum absolute atomic E-state index is 0.591. The molecule has 0 spiro atoms. The van der Waals surface area contributed by atoms with Crippen LogP contribution in [0, 0.1) is 5.92 Å². The van der Waals surface area contributed by atoms with Crippen LogP contribution in [-0.2, 0) is 19.3 Å². The fourth-order valence-electron chi connectivity index (χ4n) is 4.83. The highest BCUT2D eigenvalue weighted by atomic mass is 32.1. The molecule has 2 atom stereocenters. The van der Waals surface area contributed by atoms with E-state index in [9.17, 15) is 0 Å². The first kappa shape index (κ1) is 15.6. The van der Waals surface area contributed by atoms with Gasteiger partial charge in [-0.1, -0.05) is 44.2 Å². The van der Waals surface area contributed by atoms with Gasteiger partial charge in [0.1, 0.15) is 4.83 Å². The monoisotopic (exact) mass is 347 g/mol. The largest absolute Gasteiger partial charge is 0.241 e. The zero-order valence-corrected chi connectivity index (χ0v) is 16.0. The first-order valence-corrected chi connectivity index (χ1v) is 10.6. The molecule has 0 saturated carbocycles. The van der Waals surface area contributed by atoms with Crippen molar-refractivity contribution in [2.24, 2.45) is 5.92 Å². The summed E-state index contributed by atoms with van der Waals surface area (Å²) in [5.74, 6) is 1.41. The van der Waals surface area contributed by atoms with E-state index in [-0.39, 0.29) is 0 Å². The van der Waals surface area contributed by atoms with Gasteiger partial charge in [-0.25, -0.2) is 4.98 Å². The molecule has 0 N–H and O–H groups in total. The van der Waals surface area contributed by atoms with E-state index in [4.69, 9.17) is 4.98 Å². The maximum absolute atomic E-state index is 5.23. The number of aromatic nitrogens is 1. The maximum atomic E-state index is 5.23. The Morgan fingerprint density at radius 2 is 1.84 bits per heavy atom. The predicted octanol–water partition coefficient (Wildman–Crippen LogP) is 6.53. The average molecular weight is 348 g/mol. The van der Waals surface area contributed by atoms with Gasteiger partial charge in [0.2, 0.25) is 0 Å². The lowest BCUT2D eigenvalue weighted by Crippen LogP contribution is -2.12.